The zero-order valence-corrected chi connectivity index (χ0v) is 12.3. The first kappa shape index (κ1) is 13.3. The van der Waals surface area contributed by atoms with Crippen LogP contribution in [0.3, 0.4) is 0 Å². The highest BCUT2D eigenvalue weighted by atomic mass is 79.9. The maximum Gasteiger partial charge on any atom is 0.0522 e. The molecule has 2 aromatic rings. The number of benzene rings is 1. The van der Waals surface area contributed by atoms with Gasteiger partial charge in [0.15, 0.2) is 0 Å². The summed E-state index contributed by atoms with van der Waals surface area (Å²) in [6, 6.07) is 8.63. The Labute approximate surface area is 116 Å². The monoisotopic (exact) mass is 307 g/mol. The second kappa shape index (κ2) is 6.16. The highest BCUT2D eigenvalue weighted by Gasteiger charge is 2.13. The van der Waals surface area contributed by atoms with Gasteiger partial charge in [-0.3, -0.25) is 4.68 Å². The molecule has 0 fully saturated rings. The van der Waals surface area contributed by atoms with E-state index in [1.165, 1.54) is 11.1 Å². The molecular formula is C14H18BrN3. The van der Waals surface area contributed by atoms with Gasteiger partial charge >= 0.3 is 0 Å². The number of likely N-dealkylation sites (N-methyl/N-ethyl adjacent to an activating group) is 1. The lowest BCUT2D eigenvalue weighted by atomic mass is 10.0. The van der Waals surface area contributed by atoms with Gasteiger partial charge in [0.1, 0.15) is 0 Å². The molecule has 0 radical (unpaired) electrons. The number of aryl methyl sites for hydroxylation is 1. The minimum absolute atomic E-state index is 0.301. The summed E-state index contributed by atoms with van der Waals surface area (Å²) in [5, 5.41) is 7.68. The molecule has 0 saturated carbocycles. The third-order valence-corrected chi connectivity index (χ3v) is 3.80. The van der Waals surface area contributed by atoms with E-state index in [2.05, 4.69) is 57.7 Å². The van der Waals surface area contributed by atoms with Crippen LogP contribution in [0.25, 0.3) is 0 Å². The summed E-state index contributed by atoms with van der Waals surface area (Å²) in [5.41, 5.74) is 2.54. The molecule has 2 rings (SSSR count). The number of hydrogen-bond acceptors (Lipinski definition) is 2. The first-order valence-corrected chi connectivity index (χ1v) is 6.97. The molecule has 18 heavy (non-hydrogen) atoms. The van der Waals surface area contributed by atoms with Crippen molar-refractivity contribution in [2.75, 3.05) is 7.05 Å². The Bertz CT molecular complexity index is 507. The molecule has 0 aliphatic carbocycles. The van der Waals surface area contributed by atoms with Crippen molar-refractivity contribution in [2.24, 2.45) is 0 Å². The third-order valence-electron chi connectivity index (χ3n) is 3.08. The van der Waals surface area contributed by atoms with Gasteiger partial charge in [-0.25, -0.2) is 0 Å². The lowest BCUT2D eigenvalue weighted by Gasteiger charge is -2.17. The van der Waals surface area contributed by atoms with Gasteiger partial charge in [0.05, 0.1) is 6.20 Å². The fourth-order valence-electron chi connectivity index (χ4n) is 2.05. The lowest BCUT2D eigenvalue weighted by Crippen LogP contribution is -2.19. The molecule has 1 unspecified atom stereocenters. The van der Waals surface area contributed by atoms with Crippen molar-refractivity contribution in [2.45, 2.75) is 25.9 Å². The van der Waals surface area contributed by atoms with Gasteiger partial charge in [-0.1, -0.05) is 34.1 Å². The van der Waals surface area contributed by atoms with Gasteiger partial charge < -0.3 is 5.32 Å². The van der Waals surface area contributed by atoms with Crippen molar-refractivity contribution in [1.29, 1.82) is 0 Å². The first-order valence-electron chi connectivity index (χ1n) is 6.17. The van der Waals surface area contributed by atoms with E-state index in [0.717, 1.165) is 17.4 Å². The van der Waals surface area contributed by atoms with Crippen LogP contribution in [0, 0.1) is 0 Å². The van der Waals surface area contributed by atoms with E-state index in [1.54, 1.807) is 0 Å². The summed E-state index contributed by atoms with van der Waals surface area (Å²) in [5.74, 6) is 0. The van der Waals surface area contributed by atoms with Crippen LogP contribution < -0.4 is 5.32 Å². The van der Waals surface area contributed by atoms with Crippen LogP contribution in [0.1, 0.15) is 24.1 Å². The highest BCUT2D eigenvalue weighted by molar-refractivity contribution is 9.10. The molecule has 4 heteroatoms. The minimum Gasteiger partial charge on any atom is -0.313 e. The first-order chi connectivity index (χ1) is 8.74. The Balaban J connectivity index is 2.17. The highest BCUT2D eigenvalue weighted by Crippen LogP contribution is 2.25. The van der Waals surface area contributed by atoms with E-state index < -0.39 is 0 Å². The molecule has 96 valence electrons. The second-order valence-corrected chi connectivity index (χ2v) is 5.13. The average Bonchev–Trinajstić information content (AvgIpc) is 2.85. The molecule has 1 aromatic heterocycles. The molecule has 0 aliphatic rings. The third kappa shape index (κ3) is 3.00. The minimum atomic E-state index is 0.301. The summed E-state index contributed by atoms with van der Waals surface area (Å²) in [6.07, 6.45) is 5.00. The number of nitrogens with one attached hydrogen (secondary N) is 1. The standard InChI is InChI=1S/C14H18BrN3/c1-3-18-10-11(9-17-18)8-14(16-2)12-6-4-5-7-13(12)15/h4-7,9-10,14,16H,3,8H2,1-2H3. The molecule has 1 N–H and O–H groups in total. The van der Waals surface area contributed by atoms with Gasteiger partial charge in [0.2, 0.25) is 0 Å². The summed E-state index contributed by atoms with van der Waals surface area (Å²) >= 11 is 3.61. The van der Waals surface area contributed by atoms with Gasteiger partial charge in [-0.15, -0.1) is 0 Å². The van der Waals surface area contributed by atoms with E-state index in [-0.39, 0.29) is 0 Å². The molecule has 0 bridgehead atoms. The number of aromatic nitrogens is 2. The predicted molar refractivity (Wildman–Crippen MR) is 77.5 cm³/mol. The van der Waals surface area contributed by atoms with E-state index in [1.807, 2.05) is 24.0 Å². The molecule has 1 aromatic carbocycles. The Kier molecular flexibility index (Phi) is 4.55. The number of hydrogen-bond donors (Lipinski definition) is 1. The fourth-order valence-corrected chi connectivity index (χ4v) is 2.61. The zero-order valence-electron chi connectivity index (χ0n) is 10.7. The number of halogens is 1. The average molecular weight is 308 g/mol. The van der Waals surface area contributed by atoms with Gasteiger partial charge in [0, 0.05) is 23.3 Å². The molecular weight excluding hydrogens is 290 g/mol. The van der Waals surface area contributed by atoms with E-state index >= 15 is 0 Å². The van der Waals surface area contributed by atoms with Crippen LogP contribution in [0.15, 0.2) is 41.1 Å². The fraction of sp³-hybridized carbons (Fsp3) is 0.357. The van der Waals surface area contributed by atoms with Gasteiger partial charge in [-0.2, -0.15) is 5.10 Å². The predicted octanol–water partition coefficient (Wildman–Crippen LogP) is 3.17. The Morgan fingerprint density at radius 2 is 2.17 bits per heavy atom. The quantitative estimate of drug-likeness (QED) is 0.919. The molecule has 0 aliphatic heterocycles. The normalized spacial score (nSPS) is 12.6. The smallest absolute Gasteiger partial charge is 0.0522 e. The second-order valence-electron chi connectivity index (χ2n) is 4.27. The van der Waals surface area contributed by atoms with Crippen molar-refractivity contribution in [1.82, 2.24) is 15.1 Å². The number of nitrogens with zero attached hydrogens (tertiary/aromatic N) is 2. The maximum absolute atomic E-state index is 4.32. The SMILES string of the molecule is CCn1cc(CC(NC)c2ccccc2Br)cn1. The molecule has 0 spiro atoms. The molecule has 0 saturated heterocycles. The van der Waals surface area contributed by atoms with Gasteiger partial charge in [0.25, 0.3) is 0 Å². The molecule has 3 nitrogen and oxygen atoms in total. The van der Waals surface area contributed by atoms with E-state index in [4.69, 9.17) is 0 Å². The van der Waals surface area contributed by atoms with Crippen molar-refractivity contribution in [3.8, 4) is 0 Å². The summed E-state index contributed by atoms with van der Waals surface area (Å²) in [4.78, 5) is 0. The van der Waals surface area contributed by atoms with Crippen LogP contribution in [0.5, 0.6) is 0 Å². The molecule has 1 heterocycles. The van der Waals surface area contributed by atoms with Crippen LogP contribution in [-0.2, 0) is 13.0 Å². The van der Waals surface area contributed by atoms with Crippen molar-refractivity contribution >= 4 is 15.9 Å². The summed E-state index contributed by atoms with van der Waals surface area (Å²) in [7, 11) is 1.99. The largest absolute Gasteiger partial charge is 0.313 e. The Morgan fingerprint density at radius 1 is 1.39 bits per heavy atom. The maximum atomic E-state index is 4.32. The van der Waals surface area contributed by atoms with Crippen molar-refractivity contribution in [3.05, 3.63) is 52.3 Å². The van der Waals surface area contributed by atoms with Crippen LogP contribution >= 0.6 is 15.9 Å². The number of rotatable bonds is 5. The Morgan fingerprint density at radius 3 is 2.78 bits per heavy atom. The summed E-state index contributed by atoms with van der Waals surface area (Å²) in [6.45, 7) is 3.01. The lowest BCUT2D eigenvalue weighted by molar-refractivity contribution is 0.588. The molecule has 0 amide bonds. The van der Waals surface area contributed by atoms with Crippen LogP contribution in [0.2, 0.25) is 0 Å². The van der Waals surface area contributed by atoms with Crippen molar-refractivity contribution in [3.63, 3.8) is 0 Å². The topological polar surface area (TPSA) is 29.9 Å². The molecule has 1 atom stereocenters. The van der Waals surface area contributed by atoms with Gasteiger partial charge in [-0.05, 0) is 37.6 Å². The van der Waals surface area contributed by atoms with Crippen LogP contribution in [-0.4, -0.2) is 16.8 Å². The van der Waals surface area contributed by atoms with E-state index in [9.17, 15) is 0 Å². The zero-order chi connectivity index (χ0) is 13.0. The Hall–Kier alpha value is -1.13. The van der Waals surface area contributed by atoms with Crippen LogP contribution in [0.4, 0.5) is 0 Å². The summed E-state index contributed by atoms with van der Waals surface area (Å²) < 4.78 is 3.11. The van der Waals surface area contributed by atoms with Crippen molar-refractivity contribution < 1.29 is 0 Å². The van der Waals surface area contributed by atoms with E-state index in [0.29, 0.717) is 6.04 Å².